The predicted octanol–water partition coefficient (Wildman–Crippen LogP) is 4.89. The number of fused-ring (bicyclic) bond motifs is 1. The molecule has 0 aliphatic heterocycles. The maximum atomic E-state index is 11.9. The van der Waals surface area contributed by atoms with Gasteiger partial charge in [-0.3, -0.25) is 4.79 Å². The molecule has 0 aliphatic rings. The Kier molecular flexibility index (Phi) is 5.83. The fourth-order valence-electron chi connectivity index (χ4n) is 2.27. The van der Waals surface area contributed by atoms with E-state index in [-0.39, 0.29) is 12.5 Å². The van der Waals surface area contributed by atoms with Crippen LogP contribution in [0, 0.1) is 0 Å². The summed E-state index contributed by atoms with van der Waals surface area (Å²) in [6, 6.07) is 19.4. The Morgan fingerprint density at radius 1 is 1.08 bits per heavy atom. The third-order valence-electron chi connectivity index (χ3n) is 3.44. The Bertz CT molecular complexity index is 942. The molecule has 3 aromatic rings. The lowest BCUT2D eigenvalue weighted by molar-refractivity contribution is -0.123. The van der Waals surface area contributed by atoms with Gasteiger partial charge in [-0.2, -0.15) is 5.10 Å². The summed E-state index contributed by atoms with van der Waals surface area (Å²) < 4.78 is 7.37. The van der Waals surface area contributed by atoms with Crippen LogP contribution in [-0.2, 0) is 4.79 Å². The first-order chi connectivity index (χ1) is 12.1. The molecule has 3 aromatic carbocycles. The van der Waals surface area contributed by atoms with Crippen LogP contribution in [0.4, 0.5) is 0 Å². The minimum atomic E-state index is -0.327. The van der Waals surface area contributed by atoms with Gasteiger partial charge in [0.25, 0.3) is 5.91 Å². The smallest absolute Gasteiger partial charge is 0.277 e. The number of nitrogens with zero attached hydrogens (tertiary/aromatic N) is 1. The van der Waals surface area contributed by atoms with Crippen molar-refractivity contribution in [3.63, 3.8) is 0 Å². The number of amides is 1. The number of carbonyl (C=O) groups excluding carboxylic acids is 1. The maximum absolute atomic E-state index is 11.9. The molecule has 0 atom stereocenters. The Morgan fingerprint density at radius 3 is 2.76 bits per heavy atom. The molecule has 126 valence electrons. The number of hydrazone groups is 1. The number of carbonyl (C=O) groups is 1. The van der Waals surface area contributed by atoms with Crippen molar-refractivity contribution in [3.8, 4) is 5.75 Å². The van der Waals surface area contributed by atoms with E-state index in [2.05, 4.69) is 42.4 Å². The van der Waals surface area contributed by atoms with Crippen LogP contribution >= 0.6 is 31.9 Å². The Balaban J connectivity index is 1.58. The Hall–Kier alpha value is -2.18. The first-order valence-corrected chi connectivity index (χ1v) is 9.09. The normalized spacial score (nSPS) is 11.0. The van der Waals surface area contributed by atoms with Crippen LogP contribution in [-0.4, -0.2) is 18.7 Å². The van der Waals surface area contributed by atoms with E-state index in [1.807, 2.05) is 60.7 Å². The molecule has 0 aromatic heterocycles. The van der Waals surface area contributed by atoms with Crippen molar-refractivity contribution >= 4 is 54.8 Å². The molecule has 0 saturated carbocycles. The van der Waals surface area contributed by atoms with Crippen molar-refractivity contribution in [3.05, 3.63) is 75.2 Å². The van der Waals surface area contributed by atoms with E-state index in [0.717, 1.165) is 25.3 Å². The van der Waals surface area contributed by atoms with Crippen LogP contribution in [0.3, 0.4) is 0 Å². The molecular formula is C19H14Br2N2O2. The summed E-state index contributed by atoms with van der Waals surface area (Å²) in [7, 11) is 0. The van der Waals surface area contributed by atoms with Crippen molar-refractivity contribution in [1.29, 1.82) is 0 Å². The molecule has 0 unspecified atom stereocenters. The van der Waals surface area contributed by atoms with Crippen LogP contribution in [0.1, 0.15) is 5.56 Å². The minimum absolute atomic E-state index is 0.118. The summed E-state index contributed by atoms with van der Waals surface area (Å²) in [4.78, 5) is 11.9. The molecule has 25 heavy (non-hydrogen) atoms. The van der Waals surface area contributed by atoms with E-state index in [1.165, 1.54) is 0 Å². The predicted molar refractivity (Wildman–Crippen MR) is 107 cm³/mol. The van der Waals surface area contributed by atoms with Gasteiger partial charge in [0.05, 0.1) is 10.7 Å². The van der Waals surface area contributed by atoms with E-state index < -0.39 is 0 Å². The monoisotopic (exact) mass is 460 g/mol. The summed E-state index contributed by atoms with van der Waals surface area (Å²) in [5, 5.41) is 6.07. The number of hydrogen-bond donors (Lipinski definition) is 1. The molecule has 0 spiro atoms. The van der Waals surface area contributed by atoms with Crippen LogP contribution in [0.5, 0.6) is 5.75 Å². The maximum Gasteiger partial charge on any atom is 0.277 e. The van der Waals surface area contributed by atoms with Crippen molar-refractivity contribution in [2.45, 2.75) is 0 Å². The number of hydrogen-bond acceptors (Lipinski definition) is 3. The van der Waals surface area contributed by atoms with Crippen molar-refractivity contribution in [1.82, 2.24) is 5.43 Å². The highest BCUT2D eigenvalue weighted by atomic mass is 79.9. The molecule has 0 aliphatic carbocycles. The highest BCUT2D eigenvalue weighted by molar-refractivity contribution is 9.11. The fraction of sp³-hybridized carbons (Fsp3) is 0.0526. The van der Waals surface area contributed by atoms with Crippen LogP contribution in [0.15, 0.2) is 74.7 Å². The lowest BCUT2D eigenvalue weighted by Gasteiger charge is -2.09. The van der Waals surface area contributed by atoms with E-state index in [4.69, 9.17) is 4.74 Å². The molecule has 3 rings (SSSR count). The number of ether oxygens (including phenoxy) is 1. The zero-order chi connectivity index (χ0) is 17.6. The average Bonchev–Trinajstić information content (AvgIpc) is 2.61. The van der Waals surface area contributed by atoms with Gasteiger partial charge in [-0.1, -0.05) is 58.4 Å². The largest absolute Gasteiger partial charge is 0.483 e. The molecule has 1 N–H and O–H groups in total. The van der Waals surface area contributed by atoms with Crippen LogP contribution in [0.2, 0.25) is 0 Å². The first kappa shape index (κ1) is 17.6. The van der Waals surface area contributed by atoms with Crippen LogP contribution in [0.25, 0.3) is 10.8 Å². The topological polar surface area (TPSA) is 50.7 Å². The van der Waals surface area contributed by atoms with E-state index in [9.17, 15) is 4.79 Å². The van der Waals surface area contributed by atoms with Gasteiger partial charge in [0.15, 0.2) is 6.61 Å². The zero-order valence-electron chi connectivity index (χ0n) is 13.1. The number of nitrogens with one attached hydrogen (secondary N) is 1. The van der Waals surface area contributed by atoms with Gasteiger partial charge >= 0.3 is 0 Å². The molecule has 1 amide bonds. The quantitative estimate of drug-likeness (QED) is 0.434. The van der Waals surface area contributed by atoms with E-state index in [0.29, 0.717) is 5.75 Å². The summed E-state index contributed by atoms with van der Waals surface area (Å²) in [6.07, 6.45) is 1.58. The molecular weight excluding hydrogens is 448 g/mol. The van der Waals surface area contributed by atoms with Crippen molar-refractivity contribution < 1.29 is 9.53 Å². The third-order valence-corrected chi connectivity index (χ3v) is 4.75. The second-order valence-corrected chi connectivity index (χ2v) is 6.94. The van der Waals surface area contributed by atoms with Crippen molar-refractivity contribution in [2.24, 2.45) is 5.10 Å². The zero-order valence-corrected chi connectivity index (χ0v) is 16.2. The molecule has 6 heteroatoms. The van der Waals surface area contributed by atoms with E-state index >= 15 is 0 Å². The van der Waals surface area contributed by atoms with Gasteiger partial charge in [-0.05, 0) is 50.5 Å². The molecule has 0 heterocycles. The number of halogens is 2. The van der Waals surface area contributed by atoms with Gasteiger partial charge in [0.2, 0.25) is 0 Å². The highest BCUT2D eigenvalue weighted by Gasteiger charge is 2.08. The summed E-state index contributed by atoms with van der Waals surface area (Å²) in [6.45, 7) is -0.118. The molecule has 0 fully saturated rings. The molecule has 0 saturated heterocycles. The second-order valence-electron chi connectivity index (χ2n) is 5.24. The van der Waals surface area contributed by atoms with Gasteiger partial charge in [0.1, 0.15) is 5.75 Å². The van der Waals surface area contributed by atoms with Gasteiger partial charge < -0.3 is 4.74 Å². The summed E-state index contributed by atoms with van der Waals surface area (Å²) >= 11 is 6.92. The lowest BCUT2D eigenvalue weighted by Crippen LogP contribution is -2.24. The fourth-order valence-corrected chi connectivity index (χ4v) is 3.29. The SMILES string of the molecule is O=C(COc1ccc2ccccc2c1Br)N/N=C\c1cccc(Br)c1. The lowest BCUT2D eigenvalue weighted by atomic mass is 10.1. The Labute approximate surface area is 162 Å². The van der Waals surface area contributed by atoms with Gasteiger partial charge in [-0.25, -0.2) is 5.43 Å². The third kappa shape index (κ3) is 4.67. The average molecular weight is 462 g/mol. The Morgan fingerprint density at radius 2 is 1.92 bits per heavy atom. The summed E-state index contributed by atoms with van der Waals surface area (Å²) in [5.41, 5.74) is 3.33. The minimum Gasteiger partial charge on any atom is -0.483 e. The van der Waals surface area contributed by atoms with Crippen LogP contribution < -0.4 is 10.2 Å². The standard InChI is InChI=1S/C19H14Br2N2O2/c20-15-6-3-4-13(10-15)11-22-23-18(24)12-25-17-9-8-14-5-1-2-7-16(14)19(17)21/h1-11H,12H2,(H,23,24)/b22-11-. The number of rotatable bonds is 5. The first-order valence-electron chi connectivity index (χ1n) is 7.51. The summed E-state index contributed by atoms with van der Waals surface area (Å²) in [5.74, 6) is 0.288. The highest BCUT2D eigenvalue weighted by Crippen LogP contribution is 2.32. The second kappa shape index (κ2) is 8.27. The van der Waals surface area contributed by atoms with E-state index in [1.54, 1.807) is 6.21 Å². The van der Waals surface area contributed by atoms with Gasteiger partial charge in [-0.15, -0.1) is 0 Å². The van der Waals surface area contributed by atoms with Crippen molar-refractivity contribution in [2.75, 3.05) is 6.61 Å². The molecule has 0 bridgehead atoms. The molecule has 4 nitrogen and oxygen atoms in total. The number of benzene rings is 3. The van der Waals surface area contributed by atoms with Gasteiger partial charge in [0, 0.05) is 4.47 Å². The molecule has 0 radical (unpaired) electrons.